The first-order valence-electron chi connectivity index (χ1n) is 5.40. The van der Waals surface area contributed by atoms with Gasteiger partial charge in [-0.2, -0.15) is 0 Å². The summed E-state index contributed by atoms with van der Waals surface area (Å²) in [7, 11) is 1.75. The Labute approximate surface area is 90.7 Å². The van der Waals surface area contributed by atoms with Crippen molar-refractivity contribution in [1.29, 1.82) is 0 Å². The van der Waals surface area contributed by atoms with Crippen molar-refractivity contribution in [2.75, 3.05) is 7.11 Å². The average molecular weight is 206 g/mol. The molecule has 1 unspecified atom stereocenters. The monoisotopic (exact) mass is 206 g/mol. The summed E-state index contributed by atoms with van der Waals surface area (Å²) in [6.45, 7) is 2.03. The highest BCUT2D eigenvalue weighted by atomic mass is 16.5. The number of nitrogens with zero attached hydrogens (tertiary/aromatic N) is 1. The summed E-state index contributed by atoms with van der Waals surface area (Å²) in [5, 5.41) is 0. The maximum absolute atomic E-state index is 6.25. The smallest absolute Gasteiger partial charge is 0.0871 e. The first-order chi connectivity index (χ1) is 7.18. The molecule has 2 rings (SSSR count). The summed E-state index contributed by atoms with van der Waals surface area (Å²) >= 11 is 0. The molecule has 82 valence electrons. The highest BCUT2D eigenvalue weighted by Gasteiger charge is 2.43. The van der Waals surface area contributed by atoms with E-state index < -0.39 is 0 Å². The van der Waals surface area contributed by atoms with E-state index in [4.69, 9.17) is 10.5 Å². The second-order valence-corrected chi connectivity index (χ2v) is 4.40. The zero-order chi connectivity index (χ0) is 10.9. The van der Waals surface area contributed by atoms with E-state index in [1.54, 1.807) is 7.11 Å². The molecule has 1 aromatic heterocycles. The molecule has 15 heavy (non-hydrogen) atoms. The summed E-state index contributed by atoms with van der Waals surface area (Å²) in [6.07, 6.45) is 7.01. The number of methoxy groups -OCH3 is 1. The van der Waals surface area contributed by atoms with Crippen molar-refractivity contribution in [3.8, 4) is 0 Å². The van der Waals surface area contributed by atoms with Gasteiger partial charge in [0, 0.05) is 19.5 Å². The van der Waals surface area contributed by atoms with Crippen LogP contribution < -0.4 is 5.73 Å². The molecule has 0 aliphatic heterocycles. The maximum Gasteiger partial charge on any atom is 0.0871 e. The quantitative estimate of drug-likeness (QED) is 0.822. The van der Waals surface area contributed by atoms with E-state index in [1.807, 2.05) is 19.3 Å². The number of hydrogen-bond acceptors (Lipinski definition) is 3. The fourth-order valence-corrected chi connectivity index (χ4v) is 2.22. The Hall–Kier alpha value is -0.930. The largest absolute Gasteiger partial charge is 0.376 e. The molecular formula is C12H18N2O. The predicted octanol–water partition coefficient (Wildman–Crippen LogP) is 1.96. The molecule has 1 heterocycles. The zero-order valence-electron chi connectivity index (χ0n) is 9.36. The molecule has 0 spiro atoms. The van der Waals surface area contributed by atoms with E-state index in [2.05, 4.69) is 11.1 Å². The third-order valence-corrected chi connectivity index (χ3v) is 3.43. The van der Waals surface area contributed by atoms with Crippen molar-refractivity contribution in [1.82, 2.24) is 4.98 Å². The molecule has 3 heteroatoms. The molecule has 3 nitrogen and oxygen atoms in total. The van der Waals surface area contributed by atoms with Gasteiger partial charge in [-0.25, -0.2) is 0 Å². The molecule has 1 aliphatic carbocycles. The van der Waals surface area contributed by atoms with Crippen LogP contribution in [-0.4, -0.2) is 17.7 Å². The summed E-state index contributed by atoms with van der Waals surface area (Å²) < 4.78 is 5.58. The van der Waals surface area contributed by atoms with Crippen molar-refractivity contribution in [3.05, 3.63) is 29.6 Å². The molecule has 1 fully saturated rings. The summed E-state index contributed by atoms with van der Waals surface area (Å²) in [4.78, 5) is 4.18. The van der Waals surface area contributed by atoms with Crippen LogP contribution in [0.25, 0.3) is 0 Å². The van der Waals surface area contributed by atoms with Crippen LogP contribution in [0.2, 0.25) is 0 Å². The minimum absolute atomic E-state index is 0.0522. The van der Waals surface area contributed by atoms with Crippen LogP contribution in [0.3, 0.4) is 0 Å². The Morgan fingerprint density at radius 1 is 1.47 bits per heavy atom. The Bertz CT molecular complexity index is 342. The number of nitrogens with two attached hydrogens (primary N) is 1. The van der Waals surface area contributed by atoms with Crippen LogP contribution in [0.1, 0.15) is 36.4 Å². The lowest BCUT2D eigenvalue weighted by atomic mass is 9.73. The van der Waals surface area contributed by atoms with Gasteiger partial charge in [-0.05, 0) is 37.3 Å². The van der Waals surface area contributed by atoms with Crippen molar-refractivity contribution < 1.29 is 4.74 Å². The van der Waals surface area contributed by atoms with Gasteiger partial charge in [0.1, 0.15) is 0 Å². The van der Waals surface area contributed by atoms with Gasteiger partial charge >= 0.3 is 0 Å². The van der Waals surface area contributed by atoms with Crippen LogP contribution in [0.4, 0.5) is 0 Å². The topological polar surface area (TPSA) is 48.1 Å². The van der Waals surface area contributed by atoms with Gasteiger partial charge in [0.25, 0.3) is 0 Å². The minimum Gasteiger partial charge on any atom is -0.376 e. The van der Waals surface area contributed by atoms with Crippen LogP contribution in [0.5, 0.6) is 0 Å². The third kappa shape index (κ3) is 1.77. The second kappa shape index (κ2) is 3.91. The van der Waals surface area contributed by atoms with Crippen LogP contribution in [-0.2, 0) is 4.74 Å². The molecule has 0 amide bonds. The van der Waals surface area contributed by atoms with Gasteiger partial charge < -0.3 is 10.5 Å². The van der Waals surface area contributed by atoms with Gasteiger partial charge in [-0.1, -0.05) is 6.07 Å². The summed E-state index contributed by atoms with van der Waals surface area (Å²) in [5.74, 6) is 0. The van der Waals surface area contributed by atoms with Crippen LogP contribution in [0.15, 0.2) is 18.5 Å². The van der Waals surface area contributed by atoms with Gasteiger partial charge in [-0.15, -0.1) is 0 Å². The maximum atomic E-state index is 6.25. The molecule has 0 bridgehead atoms. The Morgan fingerprint density at radius 3 is 2.67 bits per heavy atom. The lowest BCUT2D eigenvalue weighted by molar-refractivity contribution is -0.0912. The third-order valence-electron chi connectivity index (χ3n) is 3.43. The number of pyridine rings is 1. The van der Waals surface area contributed by atoms with E-state index in [-0.39, 0.29) is 11.6 Å². The fraction of sp³-hybridized carbons (Fsp3) is 0.583. The van der Waals surface area contributed by atoms with E-state index >= 15 is 0 Å². The fourth-order valence-electron chi connectivity index (χ4n) is 2.22. The van der Waals surface area contributed by atoms with Crippen molar-refractivity contribution in [2.24, 2.45) is 5.73 Å². The highest BCUT2D eigenvalue weighted by Crippen LogP contribution is 2.43. The Morgan fingerprint density at radius 2 is 2.20 bits per heavy atom. The normalized spacial score (nSPS) is 20.7. The molecule has 0 radical (unpaired) electrons. The molecule has 1 atom stereocenters. The molecule has 1 saturated carbocycles. The molecular weight excluding hydrogens is 188 g/mol. The first-order valence-corrected chi connectivity index (χ1v) is 5.40. The number of aromatic nitrogens is 1. The first kappa shape index (κ1) is 10.6. The molecule has 1 aromatic rings. The van der Waals surface area contributed by atoms with Crippen molar-refractivity contribution >= 4 is 0 Å². The predicted molar refractivity (Wildman–Crippen MR) is 59.5 cm³/mol. The zero-order valence-corrected chi connectivity index (χ0v) is 9.36. The standard InChI is InChI=1S/C12H18N2O/c1-9-6-10(8-14-7-9)11(13)12(15-2)4-3-5-12/h6-8,11H,3-5,13H2,1-2H3. The van der Waals surface area contributed by atoms with Gasteiger partial charge in [0.05, 0.1) is 11.6 Å². The number of ether oxygens (including phenoxy) is 1. The molecule has 2 N–H and O–H groups in total. The van der Waals surface area contributed by atoms with E-state index in [9.17, 15) is 0 Å². The second-order valence-electron chi connectivity index (χ2n) is 4.40. The van der Waals surface area contributed by atoms with Crippen molar-refractivity contribution in [2.45, 2.75) is 37.8 Å². The van der Waals surface area contributed by atoms with E-state index in [1.165, 1.54) is 6.42 Å². The molecule has 0 aromatic carbocycles. The van der Waals surface area contributed by atoms with Crippen molar-refractivity contribution in [3.63, 3.8) is 0 Å². The SMILES string of the molecule is COC1(C(N)c2cncc(C)c2)CCC1. The molecule has 0 saturated heterocycles. The summed E-state index contributed by atoms with van der Waals surface area (Å²) in [6, 6.07) is 2.04. The number of aryl methyl sites for hydroxylation is 1. The Balaban J connectivity index is 2.23. The van der Waals surface area contributed by atoms with Gasteiger partial charge in [-0.3, -0.25) is 4.98 Å². The lowest BCUT2D eigenvalue weighted by Crippen LogP contribution is -2.48. The van der Waals surface area contributed by atoms with Crippen LogP contribution >= 0.6 is 0 Å². The van der Waals surface area contributed by atoms with Crippen LogP contribution in [0, 0.1) is 6.92 Å². The van der Waals surface area contributed by atoms with Gasteiger partial charge in [0.15, 0.2) is 0 Å². The summed E-state index contributed by atoms with van der Waals surface area (Å²) in [5.41, 5.74) is 8.33. The Kier molecular flexibility index (Phi) is 2.76. The van der Waals surface area contributed by atoms with E-state index in [0.717, 1.165) is 24.0 Å². The van der Waals surface area contributed by atoms with E-state index in [0.29, 0.717) is 0 Å². The highest BCUT2D eigenvalue weighted by molar-refractivity contribution is 5.24. The lowest BCUT2D eigenvalue weighted by Gasteiger charge is -2.45. The number of hydrogen-bond donors (Lipinski definition) is 1. The number of rotatable bonds is 3. The molecule has 1 aliphatic rings. The minimum atomic E-state index is -0.143. The average Bonchev–Trinajstić information content (AvgIpc) is 2.17. The van der Waals surface area contributed by atoms with Gasteiger partial charge in [0.2, 0.25) is 0 Å².